The van der Waals surface area contributed by atoms with E-state index in [2.05, 4.69) is 55.1 Å². The normalized spacial score (nSPS) is 15.1. The van der Waals surface area contributed by atoms with Crippen molar-refractivity contribution in [2.45, 2.75) is 38.4 Å². The van der Waals surface area contributed by atoms with Crippen molar-refractivity contribution in [3.05, 3.63) is 70.2 Å². The Labute approximate surface area is 202 Å². The van der Waals surface area contributed by atoms with E-state index in [9.17, 15) is 9.18 Å². The van der Waals surface area contributed by atoms with Gasteiger partial charge in [-0.25, -0.2) is 9.37 Å². The third kappa shape index (κ3) is 5.90. The molecule has 7 nitrogen and oxygen atoms in total. The van der Waals surface area contributed by atoms with Gasteiger partial charge in [-0.05, 0) is 49.4 Å². The SMILES string of the molecule is O=C(NCc1ncccc1F)c1csc(CCN(CCC2Nc3ccccc3N2)CC2CC2)n1. The number of fused-ring (bicyclic) bond motifs is 1. The largest absolute Gasteiger partial charge is 0.364 e. The number of pyridine rings is 1. The number of carbonyl (C=O) groups excluding carboxylic acids is 1. The number of benzene rings is 1. The van der Waals surface area contributed by atoms with E-state index in [-0.39, 0.29) is 24.3 Å². The van der Waals surface area contributed by atoms with Crippen LogP contribution in [0.25, 0.3) is 0 Å². The lowest BCUT2D eigenvalue weighted by molar-refractivity contribution is 0.0945. The van der Waals surface area contributed by atoms with Crippen molar-refractivity contribution in [2.75, 3.05) is 30.3 Å². The Morgan fingerprint density at radius 3 is 2.68 bits per heavy atom. The summed E-state index contributed by atoms with van der Waals surface area (Å²) in [5, 5.41) is 12.5. The minimum absolute atomic E-state index is 0.0423. The maximum Gasteiger partial charge on any atom is 0.271 e. The molecule has 1 aliphatic heterocycles. The Balaban J connectivity index is 1.10. The molecular weight excluding hydrogens is 451 g/mol. The highest BCUT2D eigenvalue weighted by Crippen LogP contribution is 2.31. The number of rotatable bonds is 11. The van der Waals surface area contributed by atoms with Crippen molar-refractivity contribution in [1.82, 2.24) is 20.2 Å². The fourth-order valence-corrected chi connectivity index (χ4v) is 4.92. The first kappa shape index (κ1) is 22.7. The number of para-hydroxylation sites is 2. The average Bonchev–Trinajstić information content (AvgIpc) is 3.37. The highest BCUT2D eigenvalue weighted by molar-refractivity contribution is 7.09. The Kier molecular flexibility index (Phi) is 7.01. The van der Waals surface area contributed by atoms with Gasteiger partial charge in [-0.3, -0.25) is 9.78 Å². The predicted octanol–water partition coefficient (Wildman–Crippen LogP) is 4.12. The number of anilines is 2. The van der Waals surface area contributed by atoms with Crippen LogP contribution in [0.3, 0.4) is 0 Å². The fraction of sp³-hybridized carbons (Fsp3) is 0.400. The van der Waals surface area contributed by atoms with Crippen LogP contribution in [0.4, 0.5) is 15.8 Å². The molecule has 1 fully saturated rings. The molecule has 0 unspecified atom stereocenters. The van der Waals surface area contributed by atoms with Crippen LogP contribution in [0.1, 0.15) is 40.5 Å². The highest BCUT2D eigenvalue weighted by Gasteiger charge is 2.26. The molecule has 1 amide bonds. The number of hydrogen-bond donors (Lipinski definition) is 3. The van der Waals surface area contributed by atoms with E-state index in [0.717, 1.165) is 43.4 Å². The molecule has 0 atom stereocenters. The van der Waals surface area contributed by atoms with Crippen LogP contribution in [0.5, 0.6) is 0 Å². The van der Waals surface area contributed by atoms with Crippen molar-refractivity contribution >= 4 is 28.6 Å². The van der Waals surface area contributed by atoms with E-state index < -0.39 is 5.82 Å². The highest BCUT2D eigenvalue weighted by atomic mass is 32.1. The number of hydrogen-bond acceptors (Lipinski definition) is 7. The molecule has 1 aromatic carbocycles. The first-order valence-corrected chi connectivity index (χ1v) is 12.7. The van der Waals surface area contributed by atoms with Crippen molar-refractivity contribution in [2.24, 2.45) is 5.92 Å². The number of thiazole rings is 1. The van der Waals surface area contributed by atoms with Gasteiger partial charge in [0.25, 0.3) is 5.91 Å². The molecule has 2 aliphatic rings. The van der Waals surface area contributed by atoms with E-state index in [4.69, 9.17) is 0 Å². The predicted molar refractivity (Wildman–Crippen MR) is 132 cm³/mol. The summed E-state index contributed by atoms with van der Waals surface area (Å²) in [6.45, 7) is 3.09. The lowest BCUT2D eigenvalue weighted by atomic mass is 10.2. The first-order chi connectivity index (χ1) is 16.6. The Bertz CT molecular complexity index is 1110. The zero-order valence-electron chi connectivity index (χ0n) is 19.0. The molecule has 1 aliphatic carbocycles. The van der Waals surface area contributed by atoms with Crippen molar-refractivity contribution in [3.8, 4) is 0 Å². The third-order valence-electron chi connectivity index (χ3n) is 6.21. The molecule has 3 aromatic rings. The lowest BCUT2D eigenvalue weighted by Gasteiger charge is -2.24. The second-order valence-electron chi connectivity index (χ2n) is 8.91. The summed E-state index contributed by atoms with van der Waals surface area (Å²) < 4.78 is 13.7. The topological polar surface area (TPSA) is 82.2 Å². The van der Waals surface area contributed by atoms with E-state index in [1.165, 1.54) is 53.9 Å². The van der Waals surface area contributed by atoms with Crippen LogP contribution in [0.15, 0.2) is 48.0 Å². The van der Waals surface area contributed by atoms with Gasteiger partial charge in [0.2, 0.25) is 0 Å². The Hall–Kier alpha value is -3.04. The van der Waals surface area contributed by atoms with Gasteiger partial charge in [-0.1, -0.05) is 12.1 Å². The van der Waals surface area contributed by atoms with Crippen LogP contribution >= 0.6 is 11.3 Å². The molecule has 2 aromatic heterocycles. The minimum Gasteiger partial charge on any atom is -0.364 e. The summed E-state index contributed by atoms with van der Waals surface area (Å²) in [6.07, 6.45) is 6.22. The number of aromatic nitrogens is 2. The van der Waals surface area contributed by atoms with Crippen molar-refractivity contribution in [1.29, 1.82) is 0 Å². The summed E-state index contributed by atoms with van der Waals surface area (Å²) in [5.74, 6) is 0.0797. The van der Waals surface area contributed by atoms with E-state index in [1.54, 1.807) is 5.38 Å². The third-order valence-corrected chi connectivity index (χ3v) is 7.12. The molecule has 0 spiro atoms. The summed E-state index contributed by atoms with van der Waals surface area (Å²) >= 11 is 1.50. The lowest BCUT2D eigenvalue weighted by Crippen LogP contribution is -2.34. The quantitative estimate of drug-likeness (QED) is 0.383. The monoisotopic (exact) mass is 480 g/mol. The van der Waals surface area contributed by atoms with Gasteiger partial charge in [-0.2, -0.15) is 0 Å². The maximum atomic E-state index is 13.7. The van der Waals surface area contributed by atoms with Gasteiger partial charge in [0.1, 0.15) is 11.5 Å². The smallest absolute Gasteiger partial charge is 0.271 e. The number of amides is 1. The molecule has 34 heavy (non-hydrogen) atoms. The zero-order valence-corrected chi connectivity index (χ0v) is 19.8. The summed E-state index contributed by atoms with van der Waals surface area (Å²) in [6, 6.07) is 11.2. The van der Waals surface area contributed by atoms with Crippen molar-refractivity contribution in [3.63, 3.8) is 0 Å². The molecule has 0 saturated heterocycles. The Morgan fingerprint density at radius 2 is 1.94 bits per heavy atom. The maximum absolute atomic E-state index is 13.7. The second kappa shape index (κ2) is 10.5. The molecule has 0 radical (unpaired) electrons. The average molecular weight is 481 g/mol. The van der Waals surface area contributed by atoms with Crippen molar-refractivity contribution < 1.29 is 9.18 Å². The number of nitrogens with zero attached hydrogens (tertiary/aromatic N) is 3. The fourth-order valence-electron chi connectivity index (χ4n) is 4.15. The van der Waals surface area contributed by atoms with Gasteiger partial charge >= 0.3 is 0 Å². The number of nitrogens with one attached hydrogen (secondary N) is 3. The molecular formula is C25H29FN6OS. The number of carbonyl (C=O) groups is 1. The van der Waals surface area contributed by atoms with Gasteiger partial charge in [0.05, 0.1) is 34.8 Å². The van der Waals surface area contributed by atoms with Crippen LogP contribution in [0.2, 0.25) is 0 Å². The molecule has 178 valence electrons. The summed E-state index contributed by atoms with van der Waals surface area (Å²) in [7, 11) is 0. The first-order valence-electron chi connectivity index (χ1n) is 11.8. The van der Waals surface area contributed by atoms with Crippen LogP contribution in [-0.4, -0.2) is 46.6 Å². The molecule has 1 saturated carbocycles. The van der Waals surface area contributed by atoms with E-state index in [1.807, 2.05) is 0 Å². The van der Waals surface area contributed by atoms with E-state index in [0.29, 0.717) is 5.69 Å². The standard InChI is InChI=1S/C25H29FN6OS/c26-18-4-3-11-27-21(18)14-28-25(33)22-16-34-24(31-22)10-13-32(15-17-7-8-17)12-9-23-29-19-5-1-2-6-20(19)30-23/h1-6,11,16-17,23,29-30H,7-10,12-15H2,(H,28,33). The summed E-state index contributed by atoms with van der Waals surface area (Å²) in [4.78, 5) is 23.4. The van der Waals surface area contributed by atoms with Gasteiger partial charge < -0.3 is 20.9 Å². The van der Waals surface area contributed by atoms with Crippen LogP contribution < -0.4 is 16.0 Å². The van der Waals surface area contributed by atoms with Crippen LogP contribution in [-0.2, 0) is 13.0 Å². The Morgan fingerprint density at radius 1 is 1.15 bits per heavy atom. The zero-order chi connectivity index (χ0) is 23.3. The molecule has 9 heteroatoms. The minimum atomic E-state index is -0.426. The van der Waals surface area contributed by atoms with Gasteiger partial charge in [0.15, 0.2) is 0 Å². The summed E-state index contributed by atoms with van der Waals surface area (Å²) in [5.41, 5.74) is 2.93. The molecule has 5 rings (SSSR count). The molecule has 0 bridgehead atoms. The van der Waals surface area contributed by atoms with Gasteiger partial charge in [-0.15, -0.1) is 11.3 Å². The second-order valence-corrected chi connectivity index (χ2v) is 9.85. The molecule has 3 heterocycles. The van der Waals surface area contributed by atoms with E-state index >= 15 is 0 Å². The number of halogens is 1. The van der Waals surface area contributed by atoms with Crippen LogP contribution in [0, 0.1) is 11.7 Å². The van der Waals surface area contributed by atoms with Gasteiger partial charge in [0, 0.05) is 37.6 Å². The molecule has 3 N–H and O–H groups in total.